The molecule has 0 atom stereocenters. The van der Waals surface area contributed by atoms with Crippen LogP contribution in [0.2, 0.25) is 0 Å². The zero-order valence-electron chi connectivity index (χ0n) is 16.4. The minimum atomic E-state index is -0.386. The van der Waals surface area contributed by atoms with E-state index in [1.807, 2.05) is 37.3 Å². The summed E-state index contributed by atoms with van der Waals surface area (Å²) in [5.41, 5.74) is 1.87. The first-order chi connectivity index (χ1) is 13.5. The molecule has 0 radical (unpaired) electrons. The summed E-state index contributed by atoms with van der Waals surface area (Å²) in [5.74, 6) is -0.780. The minimum Gasteiger partial charge on any atom is -0.465 e. The van der Waals surface area contributed by atoms with Crippen molar-refractivity contribution in [3.05, 3.63) is 71.5 Å². The van der Waals surface area contributed by atoms with Gasteiger partial charge in [-0.2, -0.15) is 0 Å². The summed E-state index contributed by atoms with van der Waals surface area (Å²) in [4.78, 5) is 28.3. The molecule has 6 heteroatoms. The highest BCUT2D eigenvalue weighted by molar-refractivity contribution is 5.79. The Morgan fingerprint density at radius 1 is 0.893 bits per heavy atom. The zero-order valence-corrected chi connectivity index (χ0v) is 16.4. The second kappa shape index (κ2) is 11.2. The first-order valence-electron chi connectivity index (χ1n) is 9.46. The maximum absolute atomic E-state index is 13.2. The second-order valence-electron chi connectivity index (χ2n) is 6.47. The number of likely N-dealkylation sites (N-methyl/N-ethyl adjacent to an activating group) is 1. The summed E-state index contributed by atoms with van der Waals surface area (Å²) in [6.07, 6.45) is 0. The third-order valence-corrected chi connectivity index (χ3v) is 4.29. The van der Waals surface area contributed by atoms with Crippen LogP contribution in [0, 0.1) is 5.82 Å². The Morgan fingerprint density at radius 3 is 2.14 bits per heavy atom. The van der Waals surface area contributed by atoms with Crippen LogP contribution in [0.5, 0.6) is 0 Å². The van der Waals surface area contributed by atoms with Gasteiger partial charge in [-0.3, -0.25) is 14.5 Å². The standard InChI is InChI=1S/C22H27FN2O3/c1-3-25(15-18-8-6-5-7-9-18)21(26)16-24(17-22(27)28-4-2)14-19-10-12-20(23)13-11-19/h5-13H,3-4,14-17H2,1-2H3. The second-order valence-corrected chi connectivity index (χ2v) is 6.47. The minimum absolute atomic E-state index is 0.000151. The maximum Gasteiger partial charge on any atom is 0.320 e. The van der Waals surface area contributed by atoms with Gasteiger partial charge >= 0.3 is 5.97 Å². The fourth-order valence-corrected chi connectivity index (χ4v) is 2.88. The van der Waals surface area contributed by atoms with E-state index in [9.17, 15) is 14.0 Å². The monoisotopic (exact) mass is 386 g/mol. The van der Waals surface area contributed by atoms with E-state index in [4.69, 9.17) is 4.74 Å². The first-order valence-corrected chi connectivity index (χ1v) is 9.46. The topological polar surface area (TPSA) is 49.9 Å². The van der Waals surface area contributed by atoms with Crippen molar-refractivity contribution in [2.24, 2.45) is 0 Å². The predicted molar refractivity (Wildman–Crippen MR) is 106 cm³/mol. The lowest BCUT2D eigenvalue weighted by molar-refractivity contribution is -0.145. The Hall–Kier alpha value is -2.73. The van der Waals surface area contributed by atoms with Crippen LogP contribution in [0.15, 0.2) is 54.6 Å². The van der Waals surface area contributed by atoms with Crippen LogP contribution in [0.25, 0.3) is 0 Å². The molecule has 0 aliphatic heterocycles. The van der Waals surface area contributed by atoms with Crippen molar-refractivity contribution in [1.29, 1.82) is 0 Å². The van der Waals surface area contributed by atoms with E-state index in [-0.39, 0.29) is 37.4 Å². The third-order valence-electron chi connectivity index (χ3n) is 4.29. The van der Waals surface area contributed by atoms with Crippen LogP contribution < -0.4 is 0 Å². The van der Waals surface area contributed by atoms with Crippen molar-refractivity contribution >= 4 is 11.9 Å². The zero-order chi connectivity index (χ0) is 20.4. The molecule has 0 spiro atoms. The van der Waals surface area contributed by atoms with E-state index in [1.54, 1.807) is 28.9 Å². The lowest BCUT2D eigenvalue weighted by Crippen LogP contribution is -2.42. The van der Waals surface area contributed by atoms with Crippen LogP contribution in [-0.2, 0) is 27.4 Å². The van der Waals surface area contributed by atoms with Gasteiger partial charge in [0.1, 0.15) is 5.82 Å². The average molecular weight is 386 g/mol. The number of amides is 1. The Balaban J connectivity index is 2.06. The molecule has 0 aromatic heterocycles. The maximum atomic E-state index is 13.2. The number of esters is 1. The lowest BCUT2D eigenvalue weighted by atomic mass is 10.2. The number of nitrogens with zero attached hydrogens (tertiary/aromatic N) is 2. The number of halogens is 1. The van der Waals surface area contributed by atoms with E-state index in [0.29, 0.717) is 19.6 Å². The van der Waals surface area contributed by atoms with E-state index in [2.05, 4.69) is 0 Å². The van der Waals surface area contributed by atoms with Crippen molar-refractivity contribution in [3.63, 3.8) is 0 Å². The largest absolute Gasteiger partial charge is 0.465 e. The summed E-state index contributed by atoms with van der Waals surface area (Å²) in [6, 6.07) is 15.8. The van der Waals surface area contributed by atoms with Gasteiger partial charge in [0.25, 0.3) is 0 Å². The molecule has 0 unspecified atom stereocenters. The number of carbonyl (C=O) groups is 2. The fourth-order valence-electron chi connectivity index (χ4n) is 2.88. The molecule has 0 heterocycles. The van der Waals surface area contributed by atoms with Gasteiger partial charge in [-0.15, -0.1) is 0 Å². The van der Waals surface area contributed by atoms with Crippen LogP contribution in [0.3, 0.4) is 0 Å². The van der Waals surface area contributed by atoms with Crippen LogP contribution in [0.1, 0.15) is 25.0 Å². The molecule has 1 amide bonds. The predicted octanol–water partition coefficient (Wildman–Crippen LogP) is 3.24. The molecular formula is C22H27FN2O3. The third kappa shape index (κ3) is 7.12. The molecular weight excluding hydrogens is 359 g/mol. The summed E-state index contributed by atoms with van der Waals surface area (Å²) in [5, 5.41) is 0. The number of hydrogen-bond donors (Lipinski definition) is 0. The van der Waals surface area contributed by atoms with Gasteiger partial charge in [0.05, 0.1) is 19.7 Å². The Morgan fingerprint density at radius 2 is 1.54 bits per heavy atom. The highest BCUT2D eigenvalue weighted by Gasteiger charge is 2.19. The Bertz CT molecular complexity index is 750. The number of carbonyl (C=O) groups excluding carboxylic acids is 2. The van der Waals surface area contributed by atoms with Crippen LogP contribution in [0.4, 0.5) is 4.39 Å². The van der Waals surface area contributed by atoms with Gasteiger partial charge < -0.3 is 9.64 Å². The molecule has 0 N–H and O–H groups in total. The Labute approximate surface area is 165 Å². The number of ether oxygens (including phenoxy) is 1. The van der Waals surface area contributed by atoms with Gasteiger partial charge in [0.2, 0.25) is 5.91 Å². The molecule has 0 saturated carbocycles. The smallest absolute Gasteiger partial charge is 0.320 e. The van der Waals surface area contributed by atoms with Gasteiger partial charge in [-0.05, 0) is 37.1 Å². The summed E-state index contributed by atoms with van der Waals surface area (Å²) < 4.78 is 18.2. The normalized spacial score (nSPS) is 10.7. The summed E-state index contributed by atoms with van der Waals surface area (Å²) in [6.45, 7) is 5.47. The van der Waals surface area contributed by atoms with E-state index >= 15 is 0 Å². The van der Waals surface area contributed by atoms with Crippen molar-refractivity contribution in [2.45, 2.75) is 26.9 Å². The van der Waals surface area contributed by atoms with Gasteiger partial charge in [0.15, 0.2) is 0 Å². The molecule has 0 aliphatic carbocycles. The molecule has 0 saturated heterocycles. The molecule has 2 rings (SSSR count). The highest BCUT2D eigenvalue weighted by atomic mass is 19.1. The molecule has 28 heavy (non-hydrogen) atoms. The van der Waals surface area contributed by atoms with Crippen molar-refractivity contribution in [3.8, 4) is 0 Å². The van der Waals surface area contributed by atoms with Crippen molar-refractivity contribution < 1.29 is 18.7 Å². The van der Waals surface area contributed by atoms with Crippen LogP contribution in [-0.4, -0.2) is 47.9 Å². The van der Waals surface area contributed by atoms with Gasteiger partial charge in [0, 0.05) is 19.6 Å². The van der Waals surface area contributed by atoms with Crippen LogP contribution >= 0.6 is 0 Å². The SMILES string of the molecule is CCOC(=O)CN(CC(=O)N(CC)Cc1ccccc1)Cc1ccc(F)cc1. The first kappa shape index (κ1) is 21.6. The quantitative estimate of drug-likeness (QED) is 0.588. The van der Waals surface area contributed by atoms with Crippen molar-refractivity contribution in [1.82, 2.24) is 9.80 Å². The van der Waals surface area contributed by atoms with Gasteiger partial charge in [-0.25, -0.2) is 4.39 Å². The molecule has 150 valence electrons. The lowest BCUT2D eigenvalue weighted by Gasteiger charge is -2.26. The van der Waals surface area contributed by atoms with Gasteiger partial charge in [-0.1, -0.05) is 42.5 Å². The molecule has 0 bridgehead atoms. The van der Waals surface area contributed by atoms with Crippen molar-refractivity contribution in [2.75, 3.05) is 26.2 Å². The van der Waals surface area contributed by atoms with E-state index in [0.717, 1.165) is 11.1 Å². The number of rotatable bonds is 10. The van der Waals surface area contributed by atoms with E-state index < -0.39 is 0 Å². The summed E-state index contributed by atoms with van der Waals surface area (Å²) >= 11 is 0. The van der Waals surface area contributed by atoms with E-state index in [1.165, 1.54) is 12.1 Å². The highest BCUT2D eigenvalue weighted by Crippen LogP contribution is 2.09. The molecule has 2 aromatic rings. The fraction of sp³-hybridized carbons (Fsp3) is 0.364. The molecule has 5 nitrogen and oxygen atoms in total. The average Bonchev–Trinajstić information content (AvgIpc) is 2.68. The molecule has 0 fully saturated rings. The number of hydrogen-bond acceptors (Lipinski definition) is 4. The molecule has 2 aromatic carbocycles. The Kier molecular flexibility index (Phi) is 8.62. The molecule has 0 aliphatic rings. The number of benzene rings is 2. The summed E-state index contributed by atoms with van der Waals surface area (Å²) in [7, 11) is 0.